The molecule has 0 aliphatic carbocycles. The minimum Gasteiger partial charge on any atom is -0.399 e. The molecule has 1 aliphatic rings. The zero-order valence-corrected chi connectivity index (χ0v) is 12.7. The molecule has 114 valence electrons. The quantitative estimate of drug-likeness (QED) is 0.852. The number of carbonyl (C=O) groups is 2. The van der Waals surface area contributed by atoms with Crippen molar-refractivity contribution >= 4 is 23.3 Å². The van der Waals surface area contributed by atoms with Crippen LogP contribution in [0.4, 0.5) is 16.2 Å². The predicted molar refractivity (Wildman–Crippen MR) is 83.1 cm³/mol. The number of nitrogens with two attached hydrogens (primary N) is 1. The highest BCUT2D eigenvalue weighted by Crippen LogP contribution is 2.21. The van der Waals surface area contributed by atoms with Crippen molar-refractivity contribution in [3.63, 3.8) is 0 Å². The Bertz CT molecular complexity index is 527. The van der Waals surface area contributed by atoms with Crippen LogP contribution in [0.2, 0.25) is 0 Å². The number of amides is 3. The van der Waals surface area contributed by atoms with Gasteiger partial charge in [-0.1, -0.05) is 0 Å². The molecule has 1 saturated heterocycles. The summed E-state index contributed by atoms with van der Waals surface area (Å²) in [5.74, 6) is -0.0440. The molecule has 6 heteroatoms. The Morgan fingerprint density at radius 1 is 1.29 bits per heavy atom. The molecule has 0 atom stereocenters. The topological polar surface area (TPSA) is 69.9 Å². The van der Waals surface area contributed by atoms with Crippen LogP contribution in [0.5, 0.6) is 0 Å². The second-order valence-electron chi connectivity index (χ2n) is 5.55. The van der Waals surface area contributed by atoms with Crippen molar-refractivity contribution in [3.05, 3.63) is 24.3 Å². The lowest BCUT2D eigenvalue weighted by molar-refractivity contribution is -0.131. The minimum atomic E-state index is -0.134. The summed E-state index contributed by atoms with van der Waals surface area (Å²) in [5, 5.41) is 0. The maximum absolute atomic E-state index is 12.4. The lowest BCUT2D eigenvalue weighted by Gasteiger charge is -2.24. The van der Waals surface area contributed by atoms with E-state index in [1.165, 1.54) is 0 Å². The van der Waals surface area contributed by atoms with Gasteiger partial charge >= 0.3 is 6.03 Å². The molecule has 0 spiro atoms. The molecule has 1 aromatic rings. The highest BCUT2D eigenvalue weighted by Gasteiger charge is 2.31. The van der Waals surface area contributed by atoms with E-state index in [1.807, 2.05) is 26.0 Å². The standard InChI is InChI=1S/C15H22N4O2/c1-11(2)17(3)14(20)10-18-8-9-19(15(18)21)13-6-4-12(16)5-7-13/h4-7,11H,8-10,16H2,1-3H3. The first-order valence-electron chi connectivity index (χ1n) is 7.08. The number of carbonyl (C=O) groups excluding carboxylic acids is 2. The summed E-state index contributed by atoms with van der Waals surface area (Å²) < 4.78 is 0. The Labute approximate surface area is 125 Å². The molecule has 1 aromatic carbocycles. The van der Waals surface area contributed by atoms with Gasteiger partial charge in [-0.25, -0.2) is 4.79 Å². The van der Waals surface area contributed by atoms with E-state index in [9.17, 15) is 9.59 Å². The molecule has 6 nitrogen and oxygen atoms in total. The van der Waals surface area contributed by atoms with Gasteiger partial charge in [0.1, 0.15) is 6.54 Å². The van der Waals surface area contributed by atoms with Crippen molar-refractivity contribution < 1.29 is 9.59 Å². The fraction of sp³-hybridized carbons (Fsp3) is 0.467. The van der Waals surface area contributed by atoms with Gasteiger partial charge in [-0.05, 0) is 38.1 Å². The van der Waals surface area contributed by atoms with Crippen LogP contribution in [0.15, 0.2) is 24.3 Å². The van der Waals surface area contributed by atoms with Crippen molar-refractivity contribution in [1.82, 2.24) is 9.80 Å². The van der Waals surface area contributed by atoms with E-state index in [0.29, 0.717) is 18.8 Å². The van der Waals surface area contributed by atoms with Gasteiger partial charge in [-0.2, -0.15) is 0 Å². The zero-order chi connectivity index (χ0) is 15.6. The molecular formula is C15H22N4O2. The van der Waals surface area contributed by atoms with E-state index in [0.717, 1.165) is 5.69 Å². The number of nitrogen functional groups attached to an aromatic ring is 1. The Balaban J connectivity index is 2.01. The summed E-state index contributed by atoms with van der Waals surface area (Å²) in [5.41, 5.74) is 7.12. The molecule has 0 radical (unpaired) electrons. The van der Waals surface area contributed by atoms with Crippen molar-refractivity contribution in [2.24, 2.45) is 0 Å². The molecule has 0 aromatic heterocycles. The average molecular weight is 290 g/mol. The molecule has 2 rings (SSSR count). The summed E-state index contributed by atoms with van der Waals surface area (Å²) >= 11 is 0. The Kier molecular flexibility index (Phi) is 4.35. The first-order chi connectivity index (χ1) is 9.90. The molecule has 1 aliphatic heterocycles. The van der Waals surface area contributed by atoms with E-state index in [2.05, 4.69) is 0 Å². The van der Waals surface area contributed by atoms with E-state index in [4.69, 9.17) is 5.73 Å². The SMILES string of the molecule is CC(C)N(C)C(=O)CN1CCN(c2ccc(N)cc2)C1=O. The Morgan fingerprint density at radius 3 is 2.48 bits per heavy atom. The number of anilines is 2. The van der Waals surface area contributed by atoms with Gasteiger partial charge in [0.25, 0.3) is 0 Å². The van der Waals surface area contributed by atoms with E-state index < -0.39 is 0 Å². The van der Waals surface area contributed by atoms with Crippen LogP contribution in [-0.2, 0) is 4.79 Å². The summed E-state index contributed by atoms with van der Waals surface area (Å²) in [6.45, 7) is 5.16. The maximum Gasteiger partial charge on any atom is 0.325 e. The molecular weight excluding hydrogens is 268 g/mol. The van der Waals surface area contributed by atoms with Gasteiger partial charge in [0.2, 0.25) is 5.91 Å². The third-order valence-corrected chi connectivity index (χ3v) is 3.79. The molecule has 2 N–H and O–H groups in total. The van der Waals surface area contributed by atoms with Crippen LogP contribution in [0, 0.1) is 0 Å². The van der Waals surface area contributed by atoms with Crippen molar-refractivity contribution in [2.75, 3.05) is 37.3 Å². The van der Waals surface area contributed by atoms with Gasteiger partial charge < -0.3 is 15.5 Å². The largest absolute Gasteiger partial charge is 0.399 e. The summed E-state index contributed by atoms with van der Waals surface area (Å²) in [6.07, 6.45) is 0. The van der Waals surface area contributed by atoms with Gasteiger partial charge in [0, 0.05) is 37.6 Å². The smallest absolute Gasteiger partial charge is 0.325 e. The van der Waals surface area contributed by atoms with Crippen LogP contribution in [-0.4, -0.2) is 54.5 Å². The number of likely N-dealkylation sites (N-methyl/N-ethyl adjacent to an activating group) is 1. The lowest BCUT2D eigenvalue weighted by atomic mass is 10.2. The van der Waals surface area contributed by atoms with Crippen molar-refractivity contribution in [1.29, 1.82) is 0 Å². The van der Waals surface area contributed by atoms with E-state index >= 15 is 0 Å². The summed E-state index contributed by atoms with van der Waals surface area (Å²) in [7, 11) is 1.76. The Hall–Kier alpha value is -2.24. The van der Waals surface area contributed by atoms with E-state index in [-0.39, 0.29) is 24.5 Å². The van der Waals surface area contributed by atoms with Crippen LogP contribution in [0.25, 0.3) is 0 Å². The first kappa shape index (κ1) is 15.2. The molecule has 0 saturated carbocycles. The zero-order valence-electron chi connectivity index (χ0n) is 12.7. The predicted octanol–water partition coefficient (Wildman–Crippen LogP) is 1.38. The second kappa shape index (κ2) is 6.03. The number of hydrogen-bond acceptors (Lipinski definition) is 3. The van der Waals surface area contributed by atoms with Crippen LogP contribution >= 0.6 is 0 Å². The van der Waals surface area contributed by atoms with Crippen LogP contribution < -0.4 is 10.6 Å². The molecule has 3 amide bonds. The van der Waals surface area contributed by atoms with Gasteiger partial charge in [-0.3, -0.25) is 9.69 Å². The number of rotatable bonds is 4. The molecule has 21 heavy (non-hydrogen) atoms. The number of nitrogens with zero attached hydrogens (tertiary/aromatic N) is 3. The normalized spacial score (nSPS) is 15.0. The molecule has 1 fully saturated rings. The Morgan fingerprint density at radius 2 is 1.90 bits per heavy atom. The number of benzene rings is 1. The van der Waals surface area contributed by atoms with Crippen LogP contribution in [0.1, 0.15) is 13.8 Å². The lowest BCUT2D eigenvalue weighted by Crippen LogP contribution is -2.43. The highest BCUT2D eigenvalue weighted by atomic mass is 16.2. The number of hydrogen-bond donors (Lipinski definition) is 1. The maximum atomic E-state index is 12.4. The highest BCUT2D eigenvalue weighted by molar-refractivity contribution is 5.96. The fourth-order valence-electron chi connectivity index (χ4n) is 2.19. The molecule has 0 bridgehead atoms. The summed E-state index contributed by atoms with van der Waals surface area (Å²) in [6, 6.07) is 7.16. The minimum absolute atomic E-state index is 0.0440. The third-order valence-electron chi connectivity index (χ3n) is 3.79. The monoisotopic (exact) mass is 290 g/mol. The number of urea groups is 1. The van der Waals surface area contributed by atoms with Gasteiger partial charge in [-0.15, -0.1) is 0 Å². The van der Waals surface area contributed by atoms with Crippen molar-refractivity contribution in [3.8, 4) is 0 Å². The van der Waals surface area contributed by atoms with Gasteiger partial charge in [0.15, 0.2) is 0 Å². The first-order valence-corrected chi connectivity index (χ1v) is 7.08. The summed E-state index contributed by atoms with van der Waals surface area (Å²) in [4.78, 5) is 29.3. The molecule has 1 heterocycles. The second-order valence-corrected chi connectivity index (χ2v) is 5.55. The average Bonchev–Trinajstić information content (AvgIpc) is 2.80. The van der Waals surface area contributed by atoms with Crippen LogP contribution in [0.3, 0.4) is 0 Å². The third kappa shape index (κ3) is 3.26. The van der Waals surface area contributed by atoms with Crippen molar-refractivity contribution in [2.45, 2.75) is 19.9 Å². The fourth-order valence-corrected chi connectivity index (χ4v) is 2.19. The van der Waals surface area contributed by atoms with Gasteiger partial charge in [0.05, 0.1) is 0 Å². The molecule has 0 unspecified atom stereocenters. The van der Waals surface area contributed by atoms with E-state index in [1.54, 1.807) is 33.9 Å².